The first kappa shape index (κ1) is 23.2. The number of ether oxygens (including phenoxy) is 1. The predicted octanol–water partition coefficient (Wildman–Crippen LogP) is 3.42. The van der Waals surface area contributed by atoms with E-state index in [9.17, 15) is 14.7 Å². The van der Waals surface area contributed by atoms with Crippen LogP contribution in [0.15, 0.2) is 22.5 Å². The molecule has 0 spiro atoms. The fourth-order valence-corrected chi connectivity index (χ4v) is 6.26. The number of rotatable bonds is 5. The Bertz CT molecular complexity index is 622. The van der Waals surface area contributed by atoms with Crippen molar-refractivity contribution in [2.24, 2.45) is 5.92 Å². The summed E-state index contributed by atoms with van der Waals surface area (Å²) >= 11 is 3.72. The van der Waals surface area contributed by atoms with E-state index in [1.165, 1.54) is 29.2 Å². The molecule has 2 unspecified atom stereocenters. The molecule has 1 saturated heterocycles. The number of thioether (sulfide) groups is 2. The van der Waals surface area contributed by atoms with E-state index in [0.29, 0.717) is 12.8 Å². The highest BCUT2D eigenvalue weighted by Crippen LogP contribution is 2.45. The second-order valence-electron chi connectivity index (χ2n) is 8.22. The Morgan fingerprint density at radius 2 is 1.93 bits per heavy atom. The first-order chi connectivity index (χ1) is 13.1. The van der Waals surface area contributed by atoms with Gasteiger partial charge in [0.25, 0.3) is 0 Å². The number of carbonyl (C=O) groups excluding carboxylic acids is 2. The molecule has 0 aromatic heterocycles. The molecule has 1 aliphatic heterocycles. The lowest BCUT2D eigenvalue weighted by atomic mass is 9.90. The summed E-state index contributed by atoms with van der Waals surface area (Å²) in [5.74, 6) is 1.84. The number of alkyl carbamates (subject to hydrolysis) is 1. The number of aliphatic hydroxyl groups is 1. The van der Waals surface area contributed by atoms with Crippen LogP contribution >= 0.6 is 23.5 Å². The van der Waals surface area contributed by atoms with Gasteiger partial charge in [0.1, 0.15) is 5.60 Å². The molecule has 1 aliphatic carbocycles. The highest BCUT2D eigenvalue weighted by molar-refractivity contribution is 8.22. The van der Waals surface area contributed by atoms with Gasteiger partial charge in [-0.1, -0.05) is 6.08 Å². The van der Waals surface area contributed by atoms with Crippen LogP contribution in [0.1, 0.15) is 47.0 Å². The Kier molecular flexibility index (Phi) is 8.33. The third kappa shape index (κ3) is 6.74. The average Bonchev–Trinajstić information content (AvgIpc) is 3.01. The van der Waals surface area contributed by atoms with E-state index in [-0.39, 0.29) is 17.9 Å². The molecule has 2 fully saturated rings. The van der Waals surface area contributed by atoms with Crippen LogP contribution < -0.4 is 10.6 Å². The summed E-state index contributed by atoms with van der Waals surface area (Å²) in [5, 5.41) is 16.3. The quantitative estimate of drug-likeness (QED) is 0.582. The summed E-state index contributed by atoms with van der Waals surface area (Å²) in [5.41, 5.74) is 0.694. The first-order valence-corrected chi connectivity index (χ1v) is 11.6. The van der Waals surface area contributed by atoms with Crippen LogP contribution in [0, 0.1) is 5.92 Å². The largest absolute Gasteiger partial charge is 0.444 e. The van der Waals surface area contributed by atoms with Crippen molar-refractivity contribution in [1.29, 1.82) is 0 Å². The third-order valence-corrected chi connectivity index (χ3v) is 7.45. The molecule has 0 bridgehead atoms. The summed E-state index contributed by atoms with van der Waals surface area (Å²) in [6.45, 7) is 10.6. The van der Waals surface area contributed by atoms with Gasteiger partial charge in [0.15, 0.2) is 0 Å². The summed E-state index contributed by atoms with van der Waals surface area (Å²) in [6.07, 6.45) is 2.66. The second-order valence-corrected chi connectivity index (χ2v) is 10.7. The van der Waals surface area contributed by atoms with Gasteiger partial charge in [-0.25, -0.2) is 4.79 Å². The molecule has 0 aromatic carbocycles. The molecule has 8 heteroatoms. The van der Waals surface area contributed by atoms with Crippen molar-refractivity contribution < 1.29 is 19.4 Å². The van der Waals surface area contributed by atoms with Gasteiger partial charge in [0.2, 0.25) is 5.91 Å². The number of carbonyl (C=O) groups is 2. The van der Waals surface area contributed by atoms with Gasteiger partial charge < -0.3 is 20.5 Å². The van der Waals surface area contributed by atoms with Crippen LogP contribution in [0.2, 0.25) is 0 Å². The molecule has 6 nitrogen and oxygen atoms in total. The molecule has 158 valence electrons. The van der Waals surface area contributed by atoms with Crippen molar-refractivity contribution >= 4 is 35.5 Å². The first-order valence-electron chi connectivity index (χ1n) is 9.65. The fourth-order valence-electron chi connectivity index (χ4n) is 3.55. The topological polar surface area (TPSA) is 87.7 Å². The van der Waals surface area contributed by atoms with E-state index in [0.717, 1.165) is 11.5 Å². The van der Waals surface area contributed by atoms with E-state index in [2.05, 4.69) is 17.2 Å². The summed E-state index contributed by atoms with van der Waals surface area (Å²) in [4.78, 5) is 24.1. The van der Waals surface area contributed by atoms with Crippen molar-refractivity contribution in [3.05, 3.63) is 22.5 Å². The fraction of sp³-hybridized carbons (Fsp3) is 0.700. The van der Waals surface area contributed by atoms with Crippen molar-refractivity contribution in [1.82, 2.24) is 10.6 Å². The van der Waals surface area contributed by atoms with Crippen molar-refractivity contribution in [2.75, 3.05) is 11.5 Å². The highest BCUT2D eigenvalue weighted by Gasteiger charge is 2.41. The van der Waals surface area contributed by atoms with Crippen molar-refractivity contribution in [3.8, 4) is 0 Å². The summed E-state index contributed by atoms with van der Waals surface area (Å²) < 4.78 is 6.75. The molecule has 2 rings (SSSR count). The molecule has 28 heavy (non-hydrogen) atoms. The van der Waals surface area contributed by atoms with Crippen molar-refractivity contribution in [2.45, 2.75) is 70.7 Å². The normalized spacial score (nSPS) is 25.0. The van der Waals surface area contributed by atoms with E-state index in [1.54, 1.807) is 0 Å². The maximum absolute atomic E-state index is 12.4. The minimum Gasteiger partial charge on any atom is -0.444 e. The van der Waals surface area contributed by atoms with E-state index in [1.807, 2.05) is 44.3 Å². The Morgan fingerprint density at radius 3 is 2.46 bits per heavy atom. The number of aliphatic hydroxyl groups excluding tert-OH is 1. The molecule has 0 aromatic rings. The molecule has 1 saturated carbocycles. The third-order valence-electron chi connectivity index (χ3n) is 4.65. The summed E-state index contributed by atoms with van der Waals surface area (Å²) in [6, 6.07) is -0.751. The minimum atomic E-state index is -0.896. The Labute approximate surface area is 176 Å². The zero-order valence-electron chi connectivity index (χ0n) is 17.1. The predicted molar refractivity (Wildman–Crippen MR) is 116 cm³/mol. The molecule has 0 radical (unpaired) electrons. The minimum absolute atomic E-state index is 0.143. The maximum Gasteiger partial charge on any atom is 0.407 e. The van der Waals surface area contributed by atoms with E-state index in [4.69, 9.17) is 4.74 Å². The van der Waals surface area contributed by atoms with E-state index < -0.39 is 23.8 Å². The molecular formula is C20H32N2O4S2. The number of amides is 2. The van der Waals surface area contributed by atoms with Crippen LogP contribution in [0.4, 0.5) is 4.79 Å². The SMILES string of the molecule is C=CC(O)C(NC(C)=O)[C@@H]1CC(=C2SCCCS2)C[C@H]1NC(=O)OC(C)(C)C. The Hall–Kier alpha value is -1.12. The second kappa shape index (κ2) is 10.1. The van der Waals surface area contributed by atoms with Gasteiger partial charge in [-0.2, -0.15) is 0 Å². The molecule has 1 heterocycles. The van der Waals surface area contributed by atoms with Gasteiger partial charge in [-0.15, -0.1) is 30.1 Å². The van der Waals surface area contributed by atoms with Crippen LogP contribution in [0.25, 0.3) is 0 Å². The summed E-state index contributed by atoms with van der Waals surface area (Å²) in [7, 11) is 0. The smallest absolute Gasteiger partial charge is 0.407 e. The lowest BCUT2D eigenvalue weighted by Gasteiger charge is -2.32. The molecule has 4 atom stereocenters. The van der Waals surface area contributed by atoms with Gasteiger partial charge in [-0.05, 0) is 57.1 Å². The lowest BCUT2D eigenvalue weighted by molar-refractivity contribution is -0.120. The van der Waals surface area contributed by atoms with E-state index >= 15 is 0 Å². The zero-order chi connectivity index (χ0) is 20.9. The number of nitrogens with one attached hydrogen (secondary N) is 2. The highest BCUT2D eigenvalue weighted by atomic mass is 32.2. The van der Waals surface area contributed by atoms with Crippen LogP contribution in [-0.2, 0) is 9.53 Å². The van der Waals surface area contributed by atoms with Crippen LogP contribution in [-0.4, -0.2) is 52.4 Å². The molecule has 2 amide bonds. The monoisotopic (exact) mass is 428 g/mol. The van der Waals surface area contributed by atoms with Crippen LogP contribution in [0.3, 0.4) is 0 Å². The van der Waals surface area contributed by atoms with Gasteiger partial charge >= 0.3 is 6.09 Å². The molecule has 2 aliphatic rings. The van der Waals surface area contributed by atoms with Gasteiger partial charge in [-0.3, -0.25) is 4.79 Å². The van der Waals surface area contributed by atoms with Gasteiger partial charge in [0, 0.05) is 23.1 Å². The standard InChI is InChI=1S/C20H32N2O4S2/c1-6-16(24)17(21-12(2)23)14-10-13(18-27-8-7-9-28-18)11-15(14)22-19(25)26-20(3,4)5/h6,14-17,24H,1,7-11H2,2-5H3,(H,21,23)(H,22,25)/t14-,15-,16?,17?/m1/s1. The number of hydrogen-bond donors (Lipinski definition) is 3. The molecular weight excluding hydrogens is 396 g/mol. The average molecular weight is 429 g/mol. The Morgan fingerprint density at radius 1 is 1.29 bits per heavy atom. The number of hydrogen-bond acceptors (Lipinski definition) is 6. The zero-order valence-corrected chi connectivity index (χ0v) is 18.8. The van der Waals surface area contributed by atoms with Crippen molar-refractivity contribution in [3.63, 3.8) is 0 Å². The molecule has 3 N–H and O–H groups in total. The lowest BCUT2D eigenvalue weighted by Crippen LogP contribution is -2.53. The maximum atomic E-state index is 12.4. The van der Waals surface area contributed by atoms with Gasteiger partial charge in [0.05, 0.1) is 12.1 Å². The van der Waals surface area contributed by atoms with Crippen LogP contribution in [0.5, 0.6) is 0 Å². The Balaban J connectivity index is 2.26.